The Balaban J connectivity index is 2.14. The average Bonchev–Trinajstić information content (AvgIpc) is 2.99. The number of hydrogen-bond donors (Lipinski definition) is 0. The van der Waals surface area contributed by atoms with E-state index in [1.807, 2.05) is 30.0 Å². The standard InChI is InChI=1S/C11H12OS/c1-2-12-11(10-8-13-10)9-6-4-3-5-7-9/h2-7,10-11H,1,8H2. The van der Waals surface area contributed by atoms with Crippen molar-refractivity contribution >= 4 is 11.8 Å². The molecule has 1 fully saturated rings. The summed E-state index contributed by atoms with van der Waals surface area (Å²) in [7, 11) is 0. The van der Waals surface area contributed by atoms with Crippen molar-refractivity contribution in [3.05, 3.63) is 48.7 Å². The van der Waals surface area contributed by atoms with Crippen molar-refractivity contribution in [1.82, 2.24) is 0 Å². The van der Waals surface area contributed by atoms with Crippen molar-refractivity contribution in [2.75, 3.05) is 5.75 Å². The number of thioether (sulfide) groups is 1. The summed E-state index contributed by atoms with van der Waals surface area (Å²) in [5.74, 6) is 1.20. The number of ether oxygens (including phenoxy) is 1. The van der Waals surface area contributed by atoms with Gasteiger partial charge in [-0.15, -0.1) is 0 Å². The van der Waals surface area contributed by atoms with E-state index in [4.69, 9.17) is 4.74 Å². The lowest BCUT2D eigenvalue weighted by molar-refractivity contribution is 0.155. The fourth-order valence-electron chi connectivity index (χ4n) is 1.36. The lowest BCUT2D eigenvalue weighted by Gasteiger charge is -2.14. The highest BCUT2D eigenvalue weighted by molar-refractivity contribution is 8.06. The van der Waals surface area contributed by atoms with Crippen LogP contribution in [0.2, 0.25) is 0 Å². The fourth-order valence-corrected chi connectivity index (χ4v) is 2.04. The summed E-state index contributed by atoms with van der Waals surface area (Å²) in [6, 6.07) is 10.3. The van der Waals surface area contributed by atoms with Crippen molar-refractivity contribution < 1.29 is 4.74 Å². The van der Waals surface area contributed by atoms with Gasteiger partial charge in [-0.25, -0.2) is 0 Å². The molecule has 0 bridgehead atoms. The number of benzene rings is 1. The van der Waals surface area contributed by atoms with Crippen LogP contribution in [-0.4, -0.2) is 11.0 Å². The highest BCUT2D eigenvalue weighted by atomic mass is 32.2. The molecule has 1 aromatic rings. The predicted molar refractivity (Wildman–Crippen MR) is 56.7 cm³/mol. The van der Waals surface area contributed by atoms with Gasteiger partial charge in [-0.05, 0) is 5.56 Å². The molecule has 1 aliphatic rings. The Kier molecular flexibility index (Phi) is 2.60. The maximum Gasteiger partial charge on any atom is 0.135 e. The second-order valence-corrected chi connectivity index (χ2v) is 4.28. The van der Waals surface area contributed by atoms with Crippen LogP contribution in [0.25, 0.3) is 0 Å². The molecule has 1 saturated heterocycles. The zero-order chi connectivity index (χ0) is 9.10. The van der Waals surface area contributed by atoms with Gasteiger partial charge in [0.2, 0.25) is 0 Å². The highest BCUT2D eigenvalue weighted by Crippen LogP contribution is 2.42. The molecular formula is C11H12OS. The molecule has 1 heterocycles. The van der Waals surface area contributed by atoms with E-state index < -0.39 is 0 Å². The Labute approximate surface area is 82.8 Å². The van der Waals surface area contributed by atoms with Crippen LogP contribution in [-0.2, 0) is 4.74 Å². The average molecular weight is 192 g/mol. The summed E-state index contributed by atoms with van der Waals surface area (Å²) in [4.78, 5) is 0. The van der Waals surface area contributed by atoms with Crippen LogP contribution in [0, 0.1) is 0 Å². The van der Waals surface area contributed by atoms with E-state index >= 15 is 0 Å². The van der Waals surface area contributed by atoms with Gasteiger partial charge in [0, 0.05) is 5.75 Å². The molecule has 1 nitrogen and oxygen atoms in total. The minimum Gasteiger partial charge on any atom is -0.493 e. The van der Waals surface area contributed by atoms with E-state index in [0.29, 0.717) is 5.25 Å². The van der Waals surface area contributed by atoms with Crippen LogP contribution in [0.4, 0.5) is 0 Å². The first kappa shape index (κ1) is 8.70. The second-order valence-electron chi connectivity index (χ2n) is 3.01. The van der Waals surface area contributed by atoms with Crippen molar-refractivity contribution in [2.24, 2.45) is 0 Å². The first-order valence-electron chi connectivity index (χ1n) is 4.34. The minimum atomic E-state index is 0.198. The van der Waals surface area contributed by atoms with Crippen LogP contribution < -0.4 is 0 Å². The zero-order valence-corrected chi connectivity index (χ0v) is 8.17. The van der Waals surface area contributed by atoms with E-state index in [1.165, 1.54) is 17.6 Å². The quantitative estimate of drug-likeness (QED) is 0.535. The van der Waals surface area contributed by atoms with Gasteiger partial charge in [0.15, 0.2) is 0 Å². The monoisotopic (exact) mass is 192 g/mol. The van der Waals surface area contributed by atoms with Gasteiger partial charge in [0.05, 0.1) is 11.5 Å². The molecule has 0 amide bonds. The first-order valence-corrected chi connectivity index (χ1v) is 5.39. The molecule has 2 rings (SSSR count). The molecule has 0 saturated carbocycles. The van der Waals surface area contributed by atoms with Crippen LogP contribution in [0.3, 0.4) is 0 Å². The summed E-state index contributed by atoms with van der Waals surface area (Å²) in [5.41, 5.74) is 1.25. The Hall–Kier alpha value is -0.890. The third-order valence-corrected chi connectivity index (χ3v) is 3.03. The normalized spacial score (nSPS) is 22.0. The SMILES string of the molecule is C=COC(c1ccccc1)C1CS1. The van der Waals surface area contributed by atoms with Gasteiger partial charge in [0.25, 0.3) is 0 Å². The Morgan fingerprint density at radius 1 is 1.46 bits per heavy atom. The molecule has 2 atom stereocenters. The van der Waals surface area contributed by atoms with Gasteiger partial charge >= 0.3 is 0 Å². The van der Waals surface area contributed by atoms with Crippen molar-refractivity contribution in [3.8, 4) is 0 Å². The van der Waals surface area contributed by atoms with Crippen molar-refractivity contribution in [2.45, 2.75) is 11.4 Å². The van der Waals surface area contributed by atoms with E-state index in [0.717, 1.165) is 0 Å². The largest absolute Gasteiger partial charge is 0.493 e. The Morgan fingerprint density at radius 2 is 2.15 bits per heavy atom. The predicted octanol–water partition coefficient (Wildman–Crippen LogP) is 3.00. The first-order chi connectivity index (χ1) is 6.42. The molecular weight excluding hydrogens is 180 g/mol. The third kappa shape index (κ3) is 2.07. The van der Waals surface area contributed by atoms with Gasteiger partial charge < -0.3 is 4.74 Å². The summed E-state index contributed by atoms with van der Waals surface area (Å²) >= 11 is 1.94. The summed E-state index contributed by atoms with van der Waals surface area (Å²) in [6.07, 6.45) is 1.74. The summed E-state index contributed by atoms with van der Waals surface area (Å²) in [5, 5.41) is 0.625. The summed E-state index contributed by atoms with van der Waals surface area (Å²) < 4.78 is 5.50. The second kappa shape index (κ2) is 3.88. The molecule has 1 aliphatic heterocycles. The van der Waals surface area contributed by atoms with Gasteiger partial charge in [0.1, 0.15) is 6.10 Å². The Morgan fingerprint density at radius 3 is 2.69 bits per heavy atom. The zero-order valence-electron chi connectivity index (χ0n) is 7.35. The molecule has 2 heteroatoms. The number of rotatable bonds is 4. The molecule has 0 radical (unpaired) electrons. The lowest BCUT2D eigenvalue weighted by atomic mass is 10.1. The van der Waals surface area contributed by atoms with Crippen LogP contribution in [0.5, 0.6) is 0 Å². The molecule has 2 unspecified atom stereocenters. The molecule has 68 valence electrons. The van der Waals surface area contributed by atoms with Crippen LogP contribution in [0.15, 0.2) is 43.2 Å². The smallest absolute Gasteiger partial charge is 0.135 e. The third-order valence-electron chi connectivity index (χ3n) is 2.07. The van der Waals surface area contributed by atoms with E-state index in [1.54, 1.807) is 0 Å². The van der Waals surface area contributed by atoms with Gasteiger partial charge in [-0.3, -0.25) is 0 Å². The Bertz CT molecular complexity index is 279. The van der Waals surface area contributed by atoms with E-state index in [-0.39, 0.29) is 6.10 Å². The number of hydrogen-bond acceptors (Lipinski definition) is 2. The van der Waals surface area contributed by atoms with Crippen LogP contribution >= 0.6 is 11.8 Å². The van der Waals surface area contributed by atoms with Gasteiger partial charge in [-0.2, -0.15) is 11.8 Å². The maximum atomic E-state index is 5.50. The topological polar surface area (TPSA) is 9.23 Å². The molecule has 0 aromatic heterocycles. The minimum absolute atomic E-state index is 0.198. The molecule has 1 aromatic carbocycles. The molecule has 0 spiro atoms. The highest BCUT2D eigenvalue weighted by Gasteiger charge is 2.34. The summed E-state index contributed by atoms with van der Waals surface area (Å²) in [6.45, 7) is 3.60. The fraction of sp³-hybridized carbons (Fsp3) is 0.273. The lowest BCUT2D eigenvalue weighted by Crippen LogP contribution is -2.06. The van der Waals surface area contributed by atoms with E-state index in [9.17, 15) is 0 Å². The van der Waals surface area contributed by atoms with Crippen molar-refractivity contribution in [3.63, 3.8) is 0 Å². The molecule has 13 heavy (non-hydrogen) atoms. The van der Waals surface area contributed by atoms with Gasteiger partial charge in [-0.1, -0.05) is 36.9 Å². The van der Waals surface area contributed by atoms with Crippen molar-refractivity contribution in [1.29, 1.82) is 0 Å². The molecule has 0 N–H and O–H groups in total. The molecule has 0 aliphatic carbocycles. The van der Waals surface area contributed by atoms with E-state index in [2.05, 4.69) is 18.7 Å². The van der Waals surface area contributed by atoms with Crippen LogP contribution in [0.1, 0.15) is 11.7 Å². The maximum absolute atomic E-state index is 5.50.